The number of carbonyl (C=O) groups excluding carboxylic acids is 1. The predicted octanol–water partition coefficient (Wildman–Crippen LogP) is 5.33. The van der Waals surface area contributed by atoms with E-state index in [9.17, 15) is 9.18 Å². The number of thiocarbonyl (C=S) groups is 1. The van der Waals surface area contributed by atoms with Crippen molar-refractivity contribution in [2.75, 3.05) is 11.9 Å². The lowest BCUT2D eigenvalue weighted by Gasteiger charge is -2.28. The molecular formula is C29H29FN6OS. The number of aromatic nitrogens is 3. The van der Waals surface area contributed by atoms with Crippen molar-refractivity contribution in [3.05, 3.63) is 107 Å². The summed E-state index contributed by atoms with van der Waals surface area (Å²) >= 11 is 5.76. The second-order valence-electron chi connectivity index (χ2n) is 9.45. The molecule has 0 aliphatic carbocycles. The van der Waals surface area contributed by atoms with Crippen LogP contribution in [0.4, 0.5) is 10.1 Å². The summed E-state index contributed by atoms with van der Waals surface area (Å²) in [6.07, 6.45) is 3.76. The van der Waals surface area contributed by atoms with E-state index in [1.165, 1.54) is 6.07 Å². The van der Waals surface area contributed by atoms with Gasteiger partial charge < -0.3 is 20.1 Å². The van der Waals surface area contributed by atoms with Crippen LogP contribution in [0.2, 0.25) is 0 Å². The van der Waals surface area contributed by atoms with Crippen LogP contribution in [0.1, 0.15) is 46.7 Å². The number of halogens is 1. The molecule has 7 nitrogen and oxygen atoms in total. The highest BCUT2D eigenvalue weighted by atomic mass is 32.1. The molecule has 0 spiro atoms. The second kappa shape index (κ2) is 10.7. The largest absolute Gasteiger partial charge is 0.352 e. The molecule has 4 aromatic rings. The standard InChI is InChI=1S/C29H29FN6OS/c1-18-11-12-25(32-17-18)36-19(2)16-21(20(36)3)28-27(24-10-6-7-14-31-24)34-29(38)35(28)15-13-26(37)33-23-9-5-4-8-22(23)30/h4-12,14,16-17,27-28H,13,15H2,1-3H3,(H,33,37)(H,34,38)/t27-,28-/m0/s1. The number of hydrogen-bond acceptors (Lipinski definition) is 4. The summed E-state index contributed by atoms with van der Waals surface area (Å²) in [6.45, 7) is 6.50. The smallest absolute Gasteiger partial charge is 0.226 e. The fraction of sp³-hybridized carbons (Fsp3) is 0.241. The number of benzene rings is 1. The Morgan fingerprint density at radius 1 is 1.08 bits per heavy atom. The van der Waals surface area contributed by atoms with Crippen LogP contribution in [0.3, 0.4) is 0 Å². The third-order valence-electron chi connectivity index (χ3n) is 6.84. The minimum atomic E-state index is -0.468. The lowest BCUT2D eigenvalue weighted by molar-refractivity contribution is -0.116. The molecule has 0 unspecified atom stereocenters. The molecule has 5 rings (SSSR count). The molecule has 3 aromatic heterocycles. The molecular weight excluding hydrogens is 499 g/mol. The highest BCUT2D eigenvalue weighted by Crippen LogP contribution is 2.41. The third kappa shape index (κ3) is 5.02. The zero-order chi connectivity index (χ0) is 26.8. The first kappa shape index (κ1) is 25.5. The lowest BCUT2D eigenvalue weighted by atomic mass is 9.96. The Hall–Kier alpha value is -4.11. The summed E-state index contributed by atoms with van der Waals surface area (Å²) in [5.41, 5.74) is 5.27. The van der Waals surface area contributed by atoms with E-state index in [2.05, 4.69) is 45.1 Å². The van der Waals surface area contributed by atoms with Gasteiger partial charge in [-0.3, -0.25) is 9.78 Å². The van der Waals surface area contributed by atoms with Gasteiger partial charge in [0.2, 0.25) is 5.91 Å². The van der Waals surface area contributed by atoms with Crippen LogP contribution in [0.15, 0.2) is 73.1 Å². The molecule has 2 atom stereocenters. The summed E-state index contributed by atoms with van der Waals surface area (Å²) in [5.74, 6) is 0.0901. The number of carbonyl (C=O) groups is 1. The maximum atomic E-state index is 14.1. The first-order valence-corrected chi connectivity index (χ1v) is 12.9. The molecule has 38 heavy (non-hydrogen) atoms. The van der Waals surface area contributed by atoms with E-state index < -0.39 is 5.82 Å². The Bertz CT molecular complexity index is 1470. The van der Waals surface area contributed by atoms with E-state index in [0.29, 0.717) is 11.7 Å². The number of para-hydroxylation sites is 1. The summed E-state index contributed by atoms with van der Waals surface area (Å²) in [6, 6.07) is 17.7. The van der Waals surface area contributed by atoms with Crippen LogP contribution in [-0.4, -0.2) is 37.0 Å². The van der Waals surface area contributed by atoms with Crippen molar-refractivity contribution in [1.82, 2.24) is 24.8 Å². The van der Waals surface area contributed by atoms with Crippen molar-refractivity contribution < 1.29 is 9.18 Å². The van der Waals surface area contributed by atoms with Gasteiger partial charge in [0.1, 0.15) is 11.6 Å². The number of anilines is 1. The molecule has 1 amide bonds. The summed E-state index contributed by atoms with van der Waals surface area (Å²) in [5, 5.41) is 6.65. The van der Waals surface area contributed by atoms with Crippen molar-refractivity contribution in [2.24, 2.45) is 0 Å². The van der Waals surface area contributed by atoms with Gasteiger partial charge in [-0.25, -0.2) is 9.37 Å². The Morgan fingerprint density at radius 2 is 1.87 bits per heavy atom. The van der Waals surface area contributed by atoms with Crippen LogP contribution >= 0.6 is 12.2 Å². The number of pyridine rings is 2. The fourth-order valence-electron chi connectivity index (χ4n) is 5.01. The molecule has 1 aliphatic heterocycles. The Kier molecular flexibility index (Phi) is 7.20. The topological polar surface area (TPSA) is 75.1 Å². The second-order valence-corrected chi connectivity index (χ2v) is 9.84. The molecule has 0 bridgehead atoms. The number of nitrogens with zero attached hydrogens (tertiary/aromatic N) is 4. The van der Waals surface area contributed by atoms with Crippen molar-refractivity contribution in [2.45, 2.75) is 39.3 Å². The quantitative estimate of drug-likeness (QED) is 0.316. The highest BCUT2D eigenvalue weighted by Gasteiger charge is 2.41. The van der Waals surface area contributed by atoms with Gasteiger partial charge >= 0.3 is 0 Å². The van der Waals surface area contributed by atoms with E-state index in [1.54, 1.807) is 24.4 Å². The zero-order valence-electron chi connectivity index (χ0n) is 21.5. The molecule has 1 saturated heterocycles. The fourth-order valence-corrected chi connectivity index (χ4v) is 5.35. The summed E-state index contributed by atoms with van der Waals surface area (Å²) in [7, 11) is 0. The summed E-state index contributed by atoms with van der Waals surface area (Å²) < 4.78 is 16.2. The monoisotopic (exact) mass is 528 g/mol. The first-order valence-electron chi connectivity index (χ1n) is 12.5. The summed E-state index contributed by atoms with van der Waals surface area (Å²) in [4.78, 5) is 24.0. The molecule has 4 heterocycles. The highest BCUT2D eigenvalue weighted by molar-refractivity contribution is 7.80. The molecule has 0 radical (unpaired) electrons. The minimum absolute atomic E-state index is 0.139. The molecule has 194 valence electrons. The predicted molar refractivity (Wildman–Crippen MR) is 150 cm³/mol. The van der Waals surface area contributed by atoms with E-state index in [-0.39, 0.29) is 30.1 Å². The van der Waals surface area contributed by atoms with Gasteiger partial charge in [0.15, 0.2) is 5.11 Å². The third-order valence-corrected chi connectivity index (χ3v) is 7.19. The molecule has 1 aromatic carbocycles. The van der Waals surface area contributed by atoms with Crippen LogP contribution in [0.5, 0.6) is 0 Å². The van der Waals surface area contributed by atoms with Crippen LogP contribution in [-0.2, 0) is 4.79 Å². The molecule has 9 heteroatoms. The van der Waals surface area contributed by atoms with Crippen LogP contribution in [0.25, 0.3) is 5.82 Å². The van der Waals surface area contributed by atoms with Crippen molar-refractivity contribution in [3.63, 3.8) is 0 Å². The van der Waals surface area contributed by atoms with Gasteiger partial charge in [-0.1, -0.05) is 24.3 Å². The van der Waals surface area contributed by atoms with Gasteiger partial charge in [0.25, 0.3) is 0 Å². The van der Waals surface area contributed by atoms with Crippen molar-refractivity contribution in [3.8, 4) is 5.82 Å². The van der Waals surface area contributed by atoms with Gasteiger partial charge in [0, 0.05) is 36.7 Å². The number of amides is 1. The molecule has 1 aliphatic rings. The van der Waals surface area contributed by atoms with Gasteiger partial charge in [-0.2, -0.15) is 0 Å². The Balaban J connectivity index is 1.47. The number of nitrogens with one attached hydrogen (secondary N) is 2. The van der Waals surface area contributed by atoms with Gasteiger partial charge in [0.05, 0.1) is 23.5 Å². The van der Waals surface area contributed by atoms with Crippen molar-refractivity contribution in [1.29, 1.82) is 0 Å². The normalized spacial score (nSPS) is 16.9. The number of aryl methyl sites for hydroxylation is 2. The molecule has 1 fully saturated rings. The van der Waals surface area contributed by atoms with E-state index in [0.717, 1.165) is 34.0 Å². The van der Waals surface area contributed by atoms with Crippen LogP contribution < -0.4 is 10.6 Å². The minimum Gasteiger partial charge on any atom is -0.352 e. The zero-order valence-corrected chi connectivity index (χ0v) is 22.3. The lowest BCUT2D eigenvalue weighted by Crippen LogP contribution is -2.33. The maximum Gasteiger partial charge on any atom is 0.226 e. The van der Waals surface area contributed by atoms with Crippen molar-refractivity contribution >= 4 is 28.9 Å². The van der Waals surface area contributed by atoms with Crippen LogP contribution in [0, 0.1) is 26.6 Å². The van der Waals surface area contributed by atoms with E-state index in [4.69, 9.17) is 12.2 Å². The molecule has 0 saturated carbocycles. The average molecular weight is 529 g/mol. The van der Waals surface area contributed by atoms with E-state index in [1.807, 2.05) is 48.4 Å². The number of rotatable bonds is 7. The first-order chi connectivity index (χ1) is 18.3. The average Bonchev–Trinajstić information content (AvgIpc) is 3.39. The number of hydrogen-bond donors (Lipinski definition) is 2. The van der Waals surface area contributed by atoms with Gasteiger partial charge in [-0.05, 0) is 80.5 Å². The van der Waals surface area contributed by atoms with E-state index >= 15 is 0 Å². The maximum absolute atomic E-state index is 14.1. The Labute approximate surface area is 226 Å². The SMILES string of the molecule is Cc1ccc(-n2c(C)cc([C@H]3[C@H](c4ccccn4)NC(=S)N3CCC(=O)Nc3ccccc3F)c2C)nc1. The van der Waals surface area contributed by atoms with Gasteiger partial charge in [-0.15, -0.1) is 0 Å². The molecule has 2 N–H and O–H groups in total. The Morgan fingerprint density at radius 3 is 2.58 bits per heavy atom.